The summed E-state index contributed by atoms with van der Waals surface area (Å²) < 4.78 is 7.32. The summed E-state index contributed by atoms with van der Waals surface area (Å²) in [5, 5.41) is 20.9. The molecule has 0 radical (unpaired) electrons. The van der Waals surface area contributed by atoms with Crippen molar-refractivity contribution < 1.29 is 9.84 Å². The van der Waals surface area contributed by atoms with Crippen molar-refractivity contribution in [1.82, 2.24) is 20.4 Å². The van der Waals surface area contributed by atoms with Crippen LogP contribution in [0.4, 0.5) is 0 Å². The van der Waals surface area contributed by atoms with E-state index in [4.69, 9.17) is 4.74 Å². The molecule has 138 valence electrons. The van der Waals surface area contributed by atoms with E-state index in [-0.39, 0.29) is 41.0 Å². The SMILES string of the molecule is CN=C(NCC(O)c1cnn(C)c1)NC1CC(C)(OC)C1(C)C.I. The van der Waals surface area contributed by atoms with Crippen molar-refractivity contribution in [2.24, 2.45) is 17.5 Å². The van der Waals surface area contributed by atoms with E-state index in [0.29, 0.717) is 12.5 Å². The number of nitrogens with one attached hydrogen (secondary N) is 2. The number of hydrogen-bond acceptors (Lipinski definition) is 4. The zero-order valence-corrected chi connectivity index (χ0v) is 17.7. The summed E-state index contributed by atoms with van der Waals surface area (Å²) in [4.78, 5) is 4.24. The fourth-order valence-electron chi connectivity index (χ4n) is 3.01. The van der Waals surface area contributed by atoms with Crippen molar-refractivity contribution in [1.29, 1.82) is 0 Å². The Balaban J connectivity index is 0.00000288. The van der Waals surface area contributed by atoms with Gasteiger partial charge in [-0.05, 0) is 13.3 Å². The van der Waals surface area contributed by atoms with Crippen molar-refractivity contribution in [2.75, 3.05) is 20.7 Å². The molecule has 0 spiro atoms. The first-order chi connectivity index (χ1) is 10.7. The standard InChI is InChI=1S/C16H29N5O2.HI/c1-15(2)13(7-16(15,3)23-6)20-14(17-4)18-9-12(22)11-8-19-21(5)10-11;/h8,10,12-13,22H,7,9H2,1-6H3,(H2,17,18,20);1H. The predicted molar refractivity (Wildman–Crippen MR) is 106 cm³/mol. The Bertz CT molecular complexity index is 575. The van der Waals surface area contributed by atoms with Gasteiger partial charge in [-0.15, -0.1) is 24.0 Å². The maximum atomic E-state index is 10.2. The smallest absolute Gasteiger partial charge is 0.191 e. The van der Waals surface area contributed by atoms with E-state index in [1.54, 1.807) is 25.0 Å². The minimum Gasteiger partial charge on any atom is -0.386 e. The summed E-state index contributed by atoms with van der Waals surface area (Å²) in [5.41, 5.74) is 0.659. The molecular weight excluding hydrogens is 421 g/mol. The van der Waals surface area contributed by atoms with E-state index in [1.165, 1.54) is 0 Å². The lowest BCUT2D eigenvalue weighted by Crippen LogP contribution is -2.69. The molecule has 1 aliphatic rings. The molecule has 1 aliphatic carbocycles. The number of hydrogen-bond donors (Lipinski definition) is 3. The van der Waals surface area contributed by atoms with Crippen LogP contribution >= 0.6 is 24.0 Å². The van der Waals surface area contributed by atoms with E-state index >= 15 is 0 Å². The Morgan fingerprint density at radius 3 is 2.67 bits per heavy atom. The van der Waals surface area contributed by atoms with Crippen LogP contribution in [0.1, 0.15) is 38.9 Å². The maximum absolute atomic E-state index is 10.2. The van der Waals surface area contributed by atoms with Crippen LogP contribution in [0.25, 0.3) is 0 Å². The molecule has 0 saturated heterocycles. The summed E-state index contributed by atoms with van der Waals surface area (Å²) in [7, 11) is 5.32. The molecule has 1 aromatic heterocycles. The number of halogens is 1. The van der Waals surface area contributed by atoms with Crippen LogP contribution in [0, 0.1) is 5.41 Å². The number of aromatic nitrogens is 2. The first-order valence-electron chi connectivity index (χ1n) is 7.92. The second-order valence-electron chi connectivity index (χ2n) is 6.97. The monoisotopic (exact) mass is 451 g/mol. The predicted octanol–water partition coefficient (Wildman–Crippen LogP) is 1.44. The number of guanidine groups is 1. The van der Waals surface area contributed by atoms with Gasteiger partial charge in [0.25, 0.3) is 0 Å². The lowest BCUT2D eigenvalue weighted by Gasteiger charge is -2.59. The third-order valence-corrected chi connectivity index (χ3v) is 5.39. The van der Waals surface area contributed by atoms with E-state index in [0.717, 1.165) is 12.0 Å². The van der Waals surface area contributed by atoms with Crippen LogP contribution in [0.2, 0.25) is 0 Å². The normalized spacial score (nSPS) is 27.0. The van der Waals surface area contributed by atoms with E-state index < -0.39 is 6.10 Å². The van der Waals surface area contributed by atoms with Gasteiger partial charge in [0.2, 0.25) is 0 Å². The van der Waals surface area contributed by atoms with Crippen LogP contribution in [0.15, 0.2) is 17.4 Å². The number of aliphatic hydroxyl groups excluding tert-OH is 1. The van der Waals surface area contributed by atoms with Crippen molar-refractivity contribution in [3.63, 3.8) is 0 Å². The van der Waals surface area contributed by atoms with Gasteiger partial charge in [0.1, 0.15) is 0 Å². The van der Waals surface area contributed by atoms with Crippen molar-refractivity contribution in [3.05, 3.63) is 18.0 Å². The zero-order valence-electron chi connectivity index (χ0n) is 15.3. The Hall–Kier alpha value is -0.870. The molecule has 3 atom stereocenters. The number of aliphatic hydroxyl groups is 1. The fourth-order valence-corrected chi connectivity index (χ4v) is 3.01. The molecular formula is C16H30IN5O2. The van der Waals surface area contributed by atoms with Gasteiger partial charge in [-0.1, -0.05) is 13.8 Å². The van der Waals surface area contributed by atoms with Crippen molar-refractivity contribution in [2.45, 2.75) is 44.9 Å². The molecule has 1 aromatic rings. The molecule has 24 heavy (non-hydrogen) atoms. The summed E-state index contributed by atoms with van der Waals surface area (Å²) in [6.07, 6.45) is 3.77. The number of methoxy groups -OCH3 is 1. The van der Waals surface area contributed by atoms with E-state index in [9.17, 15) is 5.11 Å². The van der Waals surface area contributed by atoms with Gasteiger partial charge in [0.05, 0.1) is 17.9 Å². The number of nitrogens with zero attached hydrogens (tertiary/aromatic N) is 3. The van der Waals surface area contributed by atoms with Gasteiger partial charge in [0.15, 0.2) is 5.96 Å². The van der Waals surface area contributed by atoms with Crippen molar-refractivity contribution in [3.8, 4) is 0 Å². The minimum absolute atomic E-state index is 0. The number of rotatable bonds is 5. The Labute approximate surface area is 161 Å². The first kappa shape index (κ1) is 21.2. The van der Waals surface area contributed by atoms with Gasteiger partial charge in [-0.3, -0.25) is 9.67 Å². The first-order valence-corrected chi connectivity index (χ1v) is 7.92. The highest BCUT2D eigenvalue weighted by Crippen LogP contribution is 2.51. The Morgan fingerprint density at radius 1 is 1.54 bits per heavy atom. The molecule has 7 nitrogen and oxygen atoms in total. The molecule has 0 aliphatic heterocycles. The van der Waals surface area contributed by atoms with Gasteiger partial charge < -0.3 is 20.5 Å². The largest absolute Gasteiger partial charge is 0.386 e. The quantitative estimate of drug-likeness (QED) is 0.359. The Morgan fingerprint density at radius 2 is 2.21 bits per heavy atom. The number of aliphatic imine (C=N–C) groups is 1. The molecule has 2 rings (SSSR count). The molecule has 0 amide bonds. The van der Waals surface area contributed by atoms with E-state index in [1.807, 2.05) is 13.2 Å². The zero-order chi connectivity index (χ0) is 17.3. The van der Waals surface area contributed by atoms with Crippen LogP contribution in [0.3, 0.4) is 0 Å². The molecule has 3 N–H and O–H groups in total. The van der Waals surface area contributed by atoms with E-state index in [2.05, 4.69) is 41.5 Å². The third kappa shape index (κ3) is 4.02. The highest BCUT2D eigenvalue weighted by Gasteiger charge is 2.58. The van der Waals surface area contributed by atoms with Gasteiger partial charge >= 0.3 is 0 Å². The summed E-state index contributed by atoms with van der Waals surface area (Å²) >= 11 is 0. The maximum Gasteiger partial charge on any atom is 0.191 e. The summed E-state index contributed by atoms with van der Waals surface area (Å²) in [6, 6.07) is 0.272. The average Bonchev–Trinajstić information content (AvgIpc) is 2.96. The lowest BCUT2D eigenvalue weighted by atomic mass is 9.56. The molecule has 1 saturated carbocycles. The molecule has 1 fully saturated rings. The number of aryl methyl sites for hydroxylation is 1. The molecule has 8 heteroatoms. The van der Waals surface area contributed by atoms with Gasteiger partial charge in [0, 0.05) is 51.0 Å². The van der Waals surface area contributed by atoms with Gasteiger partial charge in [-0.25, -0.2) is 0 Å². The van der Waals surface area contributed by atoms with Gasteiger partial charge in [-0.2, -0.15) is 5.10 Å². The molecule has 3 unspecified atom stereocenters. The third-order valence-electron chi connectivity index (χ3n) is 5.39. The second kappa shape index (κ2) is 8.01. The van der Waals surface area contributed by atoms with Crippen LogP contribution < -0.4 is 10.6 Å². The van der Waals surface area contributed by atoms with Crippen molar-refractivity contribution >= 4 is 29.9 Å². The summed E-state index contributed by atoms with van der Waals surface area (Å²) in [5.74, 6) is 0.684. The van der Waals surface area contributed by atoms with Crippen LogP contribution in [-0.4, -0.2) is 53.2 Å². The lowest BCUT2D eigenvalue weighted by molar-refractivity contribution is -0.176. The molecule has 0 bridgehead atoms. The van der Waals surface area contributed by atoms with Crippen LogP contribution in [0.5, 0.6) is 0 Å². The molecule has 1 heterocycles. The Kier molecular flexibility index (Phi) is 7.06. The second-order valence-corrected chi connectivity index (χ2v) is 6.97. The summed E-state index contributed by atoms with van der Waals surface area (Å²) in [6.45, 7) is 6.89. The highest BCUT2D eigenvalue weighted by atomic mass is 127. The molecule has 0 aromatic carbocycles. The topological polar surface area (TPSA) is 83.7 Å². The number of ether oxygens (including phenoxy) is 1. The fraction of sp³-hybridized carbons (Fsp3) is 0.750. The minimum atomic E-state index is -0.624. The van der Waals surface area contributed by atoms with Crippen LogP contribution in [-0.2, 0) is 11.8 Å². The average molecular weight is 451 g/mol. The highest BCUT2D eigenvalue weighted by molar-refractivity contribution is 14.0.